The van der Waals surface area contributed by atoms with E-state index in [1.165, 1.54) is 18.3 Å². The molecule has 2 rings (SSSR count). The number of aliphatic hydroxyl groups is 1. The summed E-state index contributed by atoms with van der Waals surface area (Å²) < 4.78 is 0. The highest BCUT2D eigenvalue weighted by Gasteiger charge is 2.32. The zero-order valence-corrected chi connectivity index (χ0v) is 11.0. The molecule has 0 bridgehead atoms. The van der Waals surface area contributed by atoms with Crippen LogP contribution in [0.3, 0.4) is 0 Å². The van der Waals surface area contributed by atoms with E-state index in [1.807, 2.05) is 0 Å². The zero-order chi connectivity index (χ0) is 13.9. The molecule has 0 atom stereocenters. The van der Waals surface area contributed by atoms with Crippen molar-refractivity contribution in [1.29, 1.82) is 0 Å². The molecule has 1 aromatic rings. The van der Waals surface area contributed by atoms with E-state index in [4.69, 9.17) is 0 Å². The molecule has 19 heavy (non-hydrogen) atoms. The van der Waals surface area contributed by atoms with Crippen LogP contribution in [0, 0.1) is 16.0 Å². The van der Waals surface area contributed by atoms with Gasteiger partial charge in [-0.15, -0.1) is 0 Å². The quantitative estimate of drug-likeness (QED) is 0.644. The fraction of sp³-hybridized carbons (Fsp3) is 0.615. The number of aromatic nitrogens is 1. The van der Waals surface area contributed by atoms with Gasteiger partial charge in [0.25, 0.3) is 0 Å². The molecule has 0 aliphatic heterocycles. The number of hydrogen-bond donors (Lipinski definition) is 2. The summed E-state index contributed by atoms with van der Waals surface area (Å²) in [5.41, 5.74) is -0.840. The molecule has 0 unspecified atom stereocenters. The van der Waals surface area contributed by atoms with Gasteiger partial charge in [0.15, 0.2) is 0 Å². The molecule has 104 valence electrons. The van der Waals surface area contributed by atoms with E-state index in [0.717, 1.165) is 25.7 Å². The lowest BCUT2D eigenvalue weighted by Crippen LogP contribution is -2.40. The van der Waals surface area contributed by atoms with Gasteiger partial charge in [-0.2, -0.15) is 0 Å². The Bertz CT molecular complexity index is 456. The molecule has 1 aliphatic carbocycles. The van der Waals surface area contributed by atoms with Crippen LogP contribution >= 0.6 is 0 Å². The Hall–Kier alpha value is -1.69. The molecule has 2 N–H and O–H groups in total. The summed E-state index contributed by atoms with van der Waals surface area (Å²) in [5, 5.41) is 24.2. The number of nitrogens with zero attached hydrogens (tertiary/aromatic N) is 2. The van der Waals surface area contributed by atoms with Gasteiger partial charge in [0.1, 0.15) is 0 Å². The lowest BCUT2D eigenvalue weighted by atomic mass is 9.79. The summed E-state index contributed by atoms with van der Waals surface area (Å²) in [4.78, 5) is 14.4. The van der Waals surface area contributed by atoms with Crippen molar-refractivity contribution in [3.63, 3.8) is 0 Å². The maximum atomic E-state index is 10.9. The molecular formula is C13H19N3O3. The number of nitrogens with one attached hydrogen (secondary N) is 1. The molecule has 1 saturated carbocycles. The molecule has 0 amide bonds. The van der Waals surface area contributed by atoms with E-state index in [-0.39, 0.29) is 11.5 Å². The number of hydrogen-bond acceptors (Lipinski definition) is 5. The third-order valence-electron chi connectivity index (χ3n) is 3.77. The average molecular weight is 265 g/mol. The van der Waals surface area contributed by atoms with Crippen LogP contribution in [0.25, 0.3) is 0 Å². The van der Waals surface area contributed by atoms with Crippen molar-refractivity contribution >= 4 is 11.5 Å². The molecule has 6 heteroatoms. The second kappa shape index (κ2) is 5.52. The highest BCUT2D eigenvalue weighted by molar-refractivity contribution is 5.55. The van der Waals surface area contributed by atoms with Crippen LogP contribution in [-0.4, -0.2) is 27.2 Å². The highest BCUT2D eigenvalue weighted by Crippen LogP contribution is 2.32. The van der Waals surface area contributed by atoms with Crippen LogP contribution < -0.4 is 5.32 Å². The monoisotopic (exact) mass is 265 g/mol. The minimum absolute atomic E-state index is 0.0599. The Morgan fingerprint density at radius 1 is 1.58 bits per heavy atom. The topological polar surface area (TPSA) is 88.3 Å². The molecule has 1 aliphatic rings. The summed E-state index contributed by atoms with van der Waals surface area (Å²) >= 11 is 0. The molecule has 1 fully saturated rings. The average Bonchev–Trinajstić information content (AvgIpc) is 2.41. The number of nitro groups is 1. The molecule has 0 aromatic carbocycles. The Morgan fingerprint density at radius 3 is 2.89 bits per heavy atom. The first-order chi connectivity index (χ1) is 9.00. The standard InChI is InChI=1S/C13H19N3O3/c1-10-4-6-13(17,7-5-10)9-15-12-11(16(18)19)3-2-8-14-12/h2-3,8,10,17H,4-7,9H2,1H3,(H,14,15). The second-order valence-corrected chi connectivity index (χ2v) is 5.39. The van der Waals surface area contributed by atoms with Crippen LogP contribution in [0.2, 0.25) is 0 Å². The van der Waals surface area contributed by atoms with Crippen molar-refractivity contribution in [2.75, 3.05) is 11.9 Å². The van der Waals surface area contributed by atoms with Crippen LogP contribution in [0.4, 0.5) is 11.5 Å². The summed E-state index contributed by atoms with van der Waals surface area (Å²) in [5.74, 6) is 0.865. The van der Waals surface area contributed by atoms with Crippen molar-refractivity contribution in [3.05, 3.63) is 28.4 Å². The van der Waals surface area contributed by atoms with Gasteiger partial charge in [-0.25, -0.2) is 4.98 Å². The SMILES string of the molecule is CC1CCC(O)(CNc2ncccc2[N+](=O)[O-])CC1. The van der Waals surface area contributed by atoms with E-state index in [2.05, 4.69) is 17.2 Å². The van der Waals surface area contributed by atoms with E-state index in [9.17, 15) is 15.2 Å². The van der Waals surface area contributed by atoms with Crippen molar-refractivity contribution in [2.45, 2.75) is 38.2 Å². The largest absolute Gasteiger partial charge is 0.388 e. The number of anilines is 1. The lowest BCUT2D eigenvalue weighted by Gasteiger charge is -2.35. The molecule has 0 radical (unpaired) electrons. The second-order valence-electron chi connectivity index (χ2n) is 5.39. The summed E-state index contributed by atoms with van der Waals surface area (Å²) in [6.07, 6.45) is 4.93. The predicted molar refractivity (Wildman–Crippen MR) is 72.0 cm³/mol. The predicted octanol–water partition coefficient (Wildman–Crippen LogP) is 2.34. The van der Waals surface area contributed by atoms with Crippen molar-refractivity contribution in [2.24, 2.45) is 5.92 Å². The van der Waals surface area contributed by atoms with Gasteiger partial charge in [0, 0.05) is 18.8 Å². The molecule has 0 saturated heterocycles. The lowest BCUT2D eigenvalue weighted by molar-refractivity contribution is -0.384. The van der Waals surface area contributed by atoms with Crippen LogP contribution in [0.5, 0.6) is 0 Å². The zero-order valence-electron chi connectivity index (χ0n) is 11.0. The summed E-state index contributed by atoms with van der Waals surface area (Å²) in [7, 11) is 0. The normalized spacial score (nSPS) is 26.9. The maximum absolute atomic E-state index is 10.9. The first-order valence-corrected chi connectivity index (χ1v) is 6.56. The minimum Gasteiger partial charge on any atom is -0.388 e. The van der Waals surface area contributed by atoms with Gasteiger partial charge < -0.3 is 10.4 Å². The summed E-state index contributed by atoms with van der Waals surface area (Å²) in [6, 6.07) is 2.93. The molecule has 1 heterocycles. The van der Waals surface area contributed by atoms with E-state index in [1.54, 1.807) is 0 Å². The third kappa shape index (κ3) is 3.41. The van der Waals surface area contributed by atoms with Crippen molar-refractivity contribution in [3.8, 4) is 0 Å². The maximum Gasteiger partial charge on any atom is 0.311 e. The first kappa shape index (κ1) is 13.7. The Balaban J connectivity index is 2.01. The van der Waals surface area contributed by atoms with Gasteiger partial charge >= 0.3 is 5.69 Å². The molecule has 6 nitrogen and oxygen atoms in total. The molecular weight excluding hydrogens is 246 g/mol. The smallest absolute Gasteiger partial charge is 0.311 e. The fourth-order valence-corrected chi connectivity index (χ4v) is 2.40. The number of rotatable bonds is 4. The minimum atomic E-state index is -0.780. The van der Waals surface area contributed by atoms with Gasteiger partial charge in [0.05, 0.1) is 10.5 Å². The molecule has 0 spiro atoms. The number of pyridine rings is 1. The van der Waals surface area contributed by atoms with Gasteiger partial charge in [-0.3, -0.25) is 10.1 Å². The van der Waals surface area contributed by atoms with Crippen LogP contribution in [-0.2, 0) is 0 Å². The third-order valence-corrected chi connectivity index (χ3v) is 3.77. The summed E-state index contributed by atoms with van der Waals surface area (Å²) in [6.45, 7) is 2.48. The van der Waals surface area contributed by atoms with Crippen molar-refractivity contribution < 1.29 is 10.0 Å². The van der Waals surface area contributed by atoms with Gasteiger partial charge in [0.2, 0.25) is 5.82 Å². The van der Waals surface area contributed by atoms with Gasteiger partial charge in [-0.1, -0.05) is 6.92 Å². The van der Waals surface area contributed by atoms with E-state index < -0.39 is 10.5 Å². The van der Waals surface area contributed by atoms with E-state index >= 15 is 0 Å². The Kier molecular flexibility index (Phi) is 3.99. The first-order valence-electron chi connectivity index (χ1n) is 6.56. The van der Waals surface area contributed by atoms with Crippen LogP contribution in [0.15, 0.2) is 18.3 Å². The van der Waals surface area contributed by atoms with E-state index in [0.29, 0.717) is 12.5 Å². The fourth-order valence-electron chi connectivity index (χ4n) is 2.40. The van der Waals surface area contributed by atoms with Crippen molar-refractivity contribution in [1.82, 2.24) is 4.98 Å². The Labute approximate surface area is 112 Å². The Morgan fingerprint density at radius 2 is 2.26 bits per heavy atom. The van der Waals surface area contributed by atoms with Gasteiger partial charge in [-0.05, 0) is 37.7 Å². The highest BCUT2D eigenvalue weighted by atomic mass is 16.6. The molecule has 1 aromatic heterocycles. The van der Waals surface area contributed by atoms with Crippen LogP contribution in [0.1, 0.15) is 32.6 Å².